The zero-order chi connectivity index (χ0) is 13.9. The maximum Gasteiger partial charge on any atom is 0.262 e. The SMILES string of the molecule is O=C(Nc1ccccn1)c1cc2ccccc2[nH]c1=O. The lowest BCUT2D eigenvalue weighted by Crippen LogP contribution is -2.23. The number of hydrogen-bond acceptors (Lipinski definition) is 3. The second-order valence-corrected chi connectivity index (χ2v) is 4.27. The highest BCUT2D eigenvalue weighted by Gasteiger charge is 2.12. The van der Waals surface area contributed by atoms with Gasteiger partial charge in [0.25, 0.3) is 11.5 Å². The Labute approximate surface area is 114 Å². The third kappa shape index (κ3) is 2.29. The highest BCUT2D eigenvalue weighted by molar-refractivity contribution is 6.05. The molecule has 3 aromatic rings. The van der Waals surface area contributed by atoms with E-state index in [1.54, 1.807) is 36.5 Å². The molecular weight excluding hydrogens is 254 g/mol. The summed E-state index contributed by atoms with van der Waals surface area (Å²) in [7, 11) is 0. The standard InChI is InChI=1S/C15H11N3O2/c19-14-11(9-10-5-1-2-6-12(10)17-14)15(20)18-13-7-3-4-8-16-13/h1-9H,(H,17,19)(H,16,18,20). The monoisotopic (exact) mass is 265 g/mol. The van der Waals surface area contributed by atoms with Gasteiger partial charge in [-0.25, -0.2) is 4.98 Å². The van der Waals surface area contributed by atoms with Gasteiger partial charge in [-0.1, -0.05) is 24.3 Å². The van der Waals surface area contributed by atoms with E-state index in [0.717, 1.165) is 5.39 Å². The van der Waals surface area contributed by atoms with Crippen LogP contribution < -0.4 is 10.9 Å². The molecule has 0 saturated carbocycles. The maximum atomic E-state index is 12.1. The molecule has 2 heterocycles. The summed E-state index contributed by atoms with van der Waals surface area (Å²) >= 11 is 0. The van der Waals surface area contributed by atoms with Crippen molar-refractivity contribution in [1.29, 1.82) is 0 Å². The van der Waals surface area contributed by atoms with Gasteiger partial charge >= 0.3 is 0 Å². The molecule has 98 valence electrons. The van der Waals surface area contributed by atoms with Crippen molar-refractivity contribution in [3.63, 3.8) is 0 Å². The normalized spacial score (nSPS) is 10.4. The van der Waals surface area contributed by atoms with Crippen LogP contribution in [-0.2, 0) is 0 Å². The fourth-order valence-corrected chi connectivity index (χ4v) is 1.94. The Morgan fingerprint density at radius 2 is 1.90 bits per heavy atom. The first-order valence-electron chi connectivity index (χ1n) is 6.08. The first-order chi connectivity index (χ1) is 9.74. The van der Waals surface area contributed by atoms with Crippen molar-refractivity contribution in [2.75, 3.05) is 5.32 Å². The molecule has 2 N–H and O–H groups in total. The summed E-state index contributed by atoms with van der Waals surface area (Å²) in [5.74, 6) is -0.0687. The van der Waals surface area contributed by atoms with Gasteiger partial charge in [0, 0.05) is 11.7 Å². The lowest BCUT2D eigenvalue weighted by Gasteiger charge is -2.04. The molecule has 0 spiro atoms. The molecule has 0 aliphatic heterocycles. The molecule has 0 fully saturated rings. The second kappa shape index (κ2) is 4.97. The molecule has 0 saturated heterocycles. The van der Waals surface area contributed by atoms with Crippen molar-refractivity contribution < 1.29 is 4.79 Å². The van der Waals surface area contributed by atoms with E-state index in [4.69, 9.17) is 0 Å². The Morgan fingerprint density at radius 1 is 1.10 bits per heavy atom. The predicted molar refractivity (Wildman–Crippen MR) is 76.8 cm³/mol. The van der Waals surface area contributed by atoms with Crippen LogP contribution in [0.15, 0.2) is 59.5 Å². The van der Waals surface area contributed by atoms with Gasteiger partial charge in [-0.3, -0.25) is 9.59 Å². The minimum atomic E-state index is -0.476. The van der Waals surface area contributed by atoms with Crippen LogP contribution in [0.3, 0.4) is 0 Å². The van der Waals surface area contributed by atoms with E-state index < -0.39 is 11.5 Å². The largest absolute Gasteiger partial charge is 0.321 e. The third-order valence-corrected chi connectivity index (χ3v) is 2.90. The van der Waals surface area contributed by atoms with Crippen LogP contribution in [0.5, 0.6) is 0 Å². The van der Waals surface area contributed by atoms with Crippen molar-refractivity contribution >= 4 is 22.6 Å². The minimum absolute atomic E-state index is 0.0642. The quantitative estimate of drug-likeness (QED) is 0.745. The third-order valence-electron chi connectivity index (χ3n) is 2.90. The summed E-state index contributed by atoms with van der Waals surface area (Å²) in [4.78, 5) is 30.7. The molecular formula is C15H11N3O2. The lowest BCUT2D eigenvalue weighted by molar-refractivity contribution is 0.102. The summed E-state index contributed by atoms with van der Waals surface area (Å²) < 4.78 is 0. The molecule has 0 atom stereocenters. The number of anilines is 1. The Morgan fingerprint density at radius 3 is 2.70 bits per heavy atom. The summed E-state index contributed by atoms with van der Waals surface area (Å²) in [6, 6.07) is 14.0. The smallest absolute Gasteiger partial charge is 0.262 e. The van der Waals surface area contributed by atoms with E-state index in [2.05, 4.69) is 15.3 Å². The van der Waals surface area contributed by atoms with Gasteiger partial charge < -0.3 is 10.3 Å². The van der Waals surface area contributed by atoms with E-state index in [-0.39, 0.29) is 5.56 Å². The highest BCUT2D eigenvalue weighted by atomic mass is 16.2. The number of fused-ring (bicyclic) bond motifs is 1. The average Bonchev–Trinajstić information content (AvgIpc) is 2.47. The molecule has 3 rings (SSSR count). The molecule has 1 aromatic carbocycles. The average molecular weight is 265 g/mol. The van der Waals surface area contributed by atoms with E-state index >= 15 is 0 Å². The van der Waals surface area contributed by atoms with Crippen LogP contribution in [0.1, 0.15) is 10.4 Å². The highest BCUT2D eigenvalue weighted by Crippen LogP contribution is 2.11. The number of rotatable bonds is 2. The Kier molecular flexibility index (Phi) is 3.01. The van der Waals surface area contributed by atoms with E-state index in [0.29, 0.717) is 11.3 Å². The van der Waals surface area contributed by atoms with Gasteiger partial charge in [0.1, 0.15) is 11.4 Å². The van der Waals surface area contributed by atoms with Crippen LogP contribution in [0, 0.1) is 0 Å². The fraction of sp³-hybridized carbons (Fsp3) is 0. The fourth-order valence-electron chi connectivity index (χ4n) is 1.94. The van der Waals surface area contributed by atoms with Gasteiger partial charge in [-0.2, -0.15) is 0 Å². The summed E-state index contributed by atoms with van der Waals surface area (Å²) in [6.07, 6.45) is 1.57. The minimum Gasteiger partial charge on any atom is -0.321 e. The molecule has 2 aromatic heterocycles. The molecule has 0 unspecified atom stereocenters. The number of benzene rings is 1. The second-order valence-electron chi connectivity index (χ2n) is 4.27. The number of aromatic nitrogens is 2. The van der Waals surface area contributed by atoms with Crippen LogP contribution >= 0.6 is 0 Å². The number of amides is 1. The van der Waals surface area contributed by atoms with E-state index in [9.17, 15) is 9.59 Å². The number of pyridine rings is 2. The molecule has 20 heavy (non-hydrogen) atoms. The van der Waals surface area contributed by atoms with Crippen LogP contribution in [0.4, 0.5) is 5.82 Å². The van der Waals surface area contributed by atoms with Gasteiger partial charge in [0.05, 0.1) is 0 Å². The van der Waals surface area contributed by atoms with Crippen molar-refractivity contribution in [3.8, 4) is 0 Å². The summed E-state index contributed by atoms with van der Waals surface area (Å²) in [5, 5.41) is 3.40. The number of para-hydroxylation sites is 1. The summed E-state index contributed by atoms with van der Waals surface area (Å²) in [6.45, 7) is 0. The van der Waals surface area contributed by atoms with Crippen molar-refractivity contribution in [2.24, 2.45) is 0 Å². The van der Waals surface area contributed by atoms with Crippen molar-refractivity contribution in [2.45, 2.75) is 0 Å². The van der Waals surface area contributed by atoms with Gasteiger partial charge in [-0.15, -0.1) is 0 Å². The zero-order valence-corrected chi connectivity index (χ0v) is 10.5. The molecule has 1 amide bonds. The lowest BCUT2D eigenvalue weighted by atomic mass is 10.1. The molecule has 0 aliphatic carbocycles. The number of nitrogens with one attached hydrogen (secondary N) is 2. The molecule has 5 heteroatoms. The Bertz CT molecular complexity index is 825. The Hall–Kier alpha value is -2.95. The van der Waals surface area contributed by atoms with E-state index in [1.165, 1.54) is 0 Å². The number of H-pyrrole nitrogens is 1. The maximum absolute atomic E-state index is 12.1. The first kappa shape index (κ1) is 12.1. The van der Waals surface area contributed by atoms with Crippen LogP contribution in [0.2, 0.25) is 0 Å². The Balaban J connectivity index is 1.99. The zero-order valence-electron chi connectivity index (χ0n) is 10.5. The van der Waals surface area contributed by atoms with Gasteiger partial charge in [-0.05, 0) is 29.7 Å². The molecule has 0 aliphatic rings. The van der Waals surface area contributed by atoms with Gasteiger partial charge in [0.2, 0.25) is 0 Å². The number of nitrogens with zero attached hydrogens (tertiary/aromatic N) is 1. The summed E-state index contributed by atoms with van der Waals surface area (Å²) in [5.41, 5.74) is 0.346. The number of carbonyl (C=O) groups excluding carboxylic acids is 1. The predicted octanol–water partition coefficient (Wildman–Crippen LogP) is 2.18. The molecule has 5 nitrogen and oxygen atoms in total. The molecule has 0 bridgehead atoms. The van der Waals surface area contributed by atoms with Crippen LogP contribution in [-0.4, -0.2) is 15.9 Å². The number of carbonyl (C=O) groups is 1. The molecule has 0 radical (unpaired) electrons. The first-order valence-corrected chi connectivity index (χ1v) is 6.08. The topological polar surface area (TPSA) is 74.8 Å². The number of aromatic amines is 1. The van der Waals surface area contributed by atoms with Crippen molar-refractivity contribution in [1.82, 2.24) is 9.97 Å². The van der Waals surface area contributed by atoms with Crippen LogP contribution in [0.25, 0.3) is 10.9 Å². The van der Waals surface area contributed by atoms with Gasteiger partial charge in [0.15, 0.2) is 0 Å². The van der Waals surface area contributed by atoms with Crippen molar-refractivity contribution in [3.05, 3.63) is 70.6 Å². The number of hydrogen-bond donors (Lipinski definition) is 2. The van der Waals surface area contributed by atoms with E-state index in [1.807, 2.05) is 18.2 Å².